The van der Waals surface area contributed by atoms with Crippen molar-refractivity contribution in [2.75, 3.05) is 23.3 Å². The van der Waals surface area contributed by atoms with Crippen LogP contribution in [0.3, 0.4) is 0 Å². The average Bonchev–Trinajstić information content (AvgIpc) is 2.99. The Morgan fingerprint density at radius 1 is 1.32 bits per heavy atom. The minimum Gasteiger partial charge on any atom is -0.353 e. The summed E-state index contributed by atoms with van der Waals surface area (Å²) in [6.45, 7) is 3.61. The monoisotopic (exact) mass is 341 g/mol. The van der Waals surface area contributed by atoms with E-state index in [0.717, 1.165) is 0 Å². The van der Waals surface area contributed by atoms with Crippen LogP contribution in [0.2, 0.25) is 0 Å². The molecule has 1 amide bonds. The van der Waals surface area contributed by atoms with Gasteiger partial charge in [-0.1, -0.05) is 17.3 Å². The molecule has 0 aliphatic carbocycles. The lowest BCUT2D eigenvalue weighted by Gasteiger charge is -2.38. The summed E-state index contributed by atoms with van der Waals surface area (Å²) < 4.78 is 15.3. The van der Waals surface area contributed by atoms with Crippen molar-refractivity contribution >= 4 is 28.6 Å². The number of aryl methyl sites for hydroxylation is 1. The van der Waals surface area contributed by atoms with Crippen molar-refractivity contribution in [3.8, 4) is 0 Å². The van der Waals surface area contributed by atoms with Crippen molar-refractivity contribution in [1.29, 1.82) is 0 Å². The van der Waals surface area contributed by atoms with Crippen molar-refractivity contribution in [3.05, 3.63) is 36.4 Å². The third-order valence-electron chi connectivity index (χ3n) is 4.26. The van der Waals surface area contributed by atoms with Gasteiger partial charge in [0.1, 0.15) is 12.1 Å². The predicted octanol–water partition coefficient (Wildman–Crippen LogP) is 1.46. The predicted molar refractivity (Wildman–Crippen MR) is 89.5 cm³/mol. The first-order valence-corrected chi connectivity index (χ1v) is 8.02. The topological polar surface area (TPSA) is 88.8 Å². The van der Waals surface area contributed by atoms with Crippen LogP contribution in [0.1, 0.15) is 6.92 Å². The molecular formula is C16H16FN7O. The first-order chi connectivity index (χ1) is 12.2. The number of nitrogens with zero attached hydrogens (tertiary/aromatic N) is 6. The first kappa shape index (κ1) is 15.4. The molecule has 1 aliphatic rings. The minimum atomic E-state index is -0.444. The molecule has 1 fully saturated rings. The van der Waals surface area contributed by atoms with Crippen molar-refractivity contribution in [2.24, 2.45) is 5.92 Å². The molecule has 8 nitrogen and oxygen atoms in total. The third kappa shape index (κ3) is 2.67. The number of aromatic nitrogens is 5. The lowest BCUT2D eigenvalue weighted by atomic mass is 9.99. The van der Waals surface area contributed by atoms with Crippen LogP contribution in [0.5, 0.6) is 0 Å². The maximum Gasteiger partial charge on any atom is 0.231 e. The van der Waals surface area contributed by atoms with Gasteiger partial charge in [0, 0.05) is 19.6 Å². The SMILES string of the molecule is CCn1nnc2c(N3CC(C(=O)Nc4ccccc4F)C3)ncnc21. The molecule has 0 atom stereocenters. The molecule has 25 heavy (non-hydrogen) atoms. The lowest BCUT2D eigenvalue weighted by Crippen LogP contribution is -2.52. The molecule has 1 aliphatic heterocycles. The molecule has 4 rings (SSSR count). The molecule has 0 radical (unpaired) electrons. The molecule has 1 saturated heterocycles. The number of halogens is 1. The van der Waals surface area contributed by atoms with E-state index in [1.165, 1.54) is 12.4 Å². The van der Waals surface area contributed by atoms with Gasteiger partial charge < -0.3 is 10.2 Å². The Balaban J connectivity index is 1.46. The molecule has 3 heterocycles. The standard InChI is InChI=1S/C16H16FN7O/c1-2-24-15-13(21-22-24)14(18-9-19-15)23-7-10(8-23)16(25)20-12-6-4-3-5-11(12)17/h3-6,9-10H,2,7-8H2,1H3,(H,20,25). The Bertz CT molecular complexity index is 935. The van der Waals surface area contributed by atoms with Crippen LogP contribution in [0.25, 0.3) is 11.2 Å². The Kier molecular flexibility index (Phi) is 3.75. The van der Waals surface area contributed by atoms with Gasteiger partial charge in [-0.3, -0.25) is 4.79 Å². The van der Waals surface area contributed by atoms with Gasteiger partial charge in [-0.15, -0.1) is 5.10 Å². The van der Waals surface area contributed by atoms with Crippen LogP contribution < -0.4 is 10.2 Å². The van der Waals surface area contributed by atoms with Gasteiger partial charge >= 0.3 is 0 Å². The number of fused-ring (bicyclic) bond motifs is 1. The van der Waals surface area contributed by atoms with E-state index < -0.39 is 5.82 Å². The van der Waals surface area contributed by atoms with Gasteiger partial charge in [0.05, 0.1) is 11.6 Å². The highest BCUT2D eigenvalue weighted by Crippen LogP contribution is 2.28. The second kappa shape index (κ2) is 6.08. The van der Waals surface area contributed by atoms with E-state index in [1.807, 2.05) is 11.8 Å². The average molecular weight is 341 g/mol. The van der Waals surface area contributed by atoms with Gasteiger partial charge in [0.2, 0.25) is 5.91 Å². The van der Waals surface area contributed by atoms with E-state index in [9.17, 15) is 9.18 Å². The number of hydrogen-bond acceptors (Lipinski definition) is 6. The van der Waals surface area contributed by atoms with Crippen molar-refractivity contribution in [2.45, 2.75) is 13.5 Å². The van der Waals surface area contributed by atoms with E-state index in [2.05, 4.69) is 25.6 Å². The van der Waals surface area contributed by atoms with Crippen LogP contribution in [0, 0.1) is 11.7 Å². The molecule has 1 aromatic carbocycles. The Morgan fingerprint density at radius 2 is 2.12 bits per heavy atom. The highest BCUT2D eigenvalue weighted by Gasteiger charge is 2.35. The van der Waals surface area contributed by atoms with Crippen molar-refractivity contribution in [3.63, 3.8) is 0 Å². The lowest BCUT2D eigenvalue weighted by molar-refractivity contribution is -0.120. The zero-order chi connectivity index (χ0) is 17.4. The molecule has 9 heteroatoms. The molecular weight excluding hydrogens is 325 g/mol. The number of anilines is 2. The van der Waals surface area contributed by atoms with Crippen molar-refractivity contribution < 1.29 is 9.18 Å². The molecule has 0 bridgehead atoms. The summed E-state index contributed by atoms with van der Waals surface area (Å²) in [6, 6.07) is 6.12. The normalized spacial score (nSPS) is 14.6. The molecule has 0 saturated carbocycles. The van der Waals surface area contributed by atoms with E-state index >= 15 is 0 Å². The molecule has 0 spiro atoms. The summed E-state index contributed by atoms with van der Waals surface area (Å²) in [5, 5.41) is 10.8. The number of nitrogens with one attached hydrogen (secondary N) is 1. The molecule has 128 valence electrons. The van der Waals surface area contributed by atoms with Crippen LogP contribution in [0.15, 0.2) is 30.6 Å². The first-order valence-electron chi connectivity index (χ1n) is 8.02. The second-order valence-corrected chi connectivity index (χ2v) is 5.85. The smallest absolute Gasteiger partial charge is 0.231 e. The summed E-state index contributed by atoms with van der Waals surface area (Å²) in [5.41, 5.74) is 1.49. The van der Waals surface area contributed by atoms with Crippen LogP contribution >= 0.6 is 0 Å². The Morgan fingerprint density at radius 3 is 2.88 bits per heavy atom. The highest BCUT2D eigenvalue weighted by atomic mass is 19.1. The number of para-hydroxylation sites is 1. The maximum absolute atomic E-state index is 13.6. The number of hydrogen-bond donors (Lipinski definition) is 1. The van der Waals surface area contributed by atoms with E-state index in [4.69, 9.17) is 0 Å². The summed E-state index contributed by atoms with van der Waals surface area (Å²) >= 11 is 0. The van der Waals surface area contributed by atoms with Crippen LogP contribution in [-0.4, -0.2) is 44.0 Å². The molecule has 3 aromatic rings. The number of amides is 1. The zero-order valence-electron chi connectivity index (χ0n) is 13.6. The van der Waals surface area contributed by atoms with E-state index in [-0.39, 0.29) is 17.5 Å². The molecule has 0 unspecified atom stereocenters. The fourth-order valence-corrected chi connectivity index (χ4v) is 2.84. The number of benzene rings is 1. The van der Waals surface area contributed by atoms with Crippen LogP contribution in [-0.2, 0) is 11.3 Å². The van der Waals surface area contributed by atoms with E-state index in [1.54, 1.807) is 22.9 Å². The number of carbonyl (C=O) groups is 1. The fourth-order valence-electron chi connectivity index (χ4n) is 2.84. The summed E-state index contributed by atoms with van der Waals surface area (Å²) in [6.07, 6.45) is 1.47. The minimum absolute atomic E-state index is 0.196. The van der Waals surface area contributed by atoms with Gasteiger partial charge in [-0.25, -0.2) is 19.0 Å². The number of carbonyl (C=O) groups excluding carboxylic acids is 1. The van der Waals surface area contributed by atoms with Crippen LogP contribution in [0.4, 0.5) is 15.9 Å². The van der Waals surface area contributed by atoms with Crippen molar-refractivity contribution in [1.82, 2.24) is 25.0 Å². The van der Waals surface area contributed by atoms with Gasteiger partial charge in [-0.2, -0.15) is 0 Å². The Hall–Kier alpha value is -3.10. The summed E-state index contributed by atoms with van der Waals surface area (Å²) in [7, 11) is 0. The second-order valence-electron chi connectivity index (χ2n) is 5.85. The zero-order valence-corrected chi connectivity index (χ0v) is 13.6. The largest absolute Gasteiger partial charge is 0.353 e. The fraction of sp³-hybridized carbons (Fsp3) is 0.312. The number of rotatable bonds is 4. The Labute approximate surface area is 142 Å². The molecule has 1 N–H and O–H groups in total. The van der Waals surface area contributed by atoms with Gasteiger partial charge in [0.25, 0.3) is 0 Å². The summed E-state index contributed by atoms with van der Waals surface area (Å²) in [4.78, 5) is 22.7. The highest BCUT2D eigenvalue weighted by molar-refractivity contribution is 5.95. The van der Waals surface area contributed by atoms with Gasteiger partial charge in [0.15, 0.2) is 17.0 Å². The third-order valence-corrected chi connectivity index (χ3v) is 4.26. The maximum atomic E-state index is 13.6. The quantitative estimate of drug-likeness (QED) is 0.773. The van der Waals surface area contributed by atoms with Gasteiger partial charge in [-0.05, 0) is 19.1 Å². The molecule has 2 aromatic heterocycles. The van der Waals surface area contributed by atoms with E-state index in [0.29, 0.717) is 36.6 Å². The summed E-state index contributed by atoms with van der Waals surface area (Å²) in [5.74, 6) is -0.213.